The van der Waals surface area contributed by atoms with Gasteiger partial charge in [-0.2, -0.15) is 0 Å². The predicted octanol–water partition coefficient (Wildman–Crippen LogP) is 3.96. The summed E-state index contributed by atoms with van der Waals surface area (Å²) >= 11 is 1.76. The molecular formula is C20H23N3O2S. The minimum Gasteiger partial charge on any atom is -0.339 e. The Balaban J connectivity index is 1.42. The summed E-state index contributed by atoms with van der Waals surface area (Å²) in [5.74, 6) is 0.0571. The van der Waals surface area contributed by atoms with Crippen LogP contribution in [0.2, 0.25) is 0 Å². The molecule has 0 radical (unpaired) electrons. The van der Waals surface area contributed by atoms with Crippen LogP contribution < -0.4 is 5.32 Å². The Labute approximate surface area is 157 Å². The monoisotopic (exact) mass is 369 g/mol. The highest BCUT2D eigenvalue weighted by Gasteiger charge is 2.22. The number of likely N-dealkylation sites (tertiary alicyclic amines) is 1. The Morgan fingerprint density at radius 1 is 1.00 bits per heavy atom. The van der Waals surface area contributed by atoms with Crippen LogP contribution in [0, 0.1) is 0 Å². The summed E-state index contributed by atoms with van der Waals surface area (Å²) in [5.41, 5.74) is 2.56. The molecule has 0 spiro atoms. The fourth-order valence-electron chi connectivity index (χ4n) is 3.63. The average molecular weight is 369 g/mol. The number of anilines is 1. The van der Waals surface area contributed by atoms with Crippen molar-refractivity contribution in [1.29, 1.82) is 0 Å². The third-order valence-electron chi connectivity index (χ3n) is 5.10. The summed E-state index contributed by atoms with van der Waals surface area (Å²) < 4.78 is 0. The summed E-state index contributed by atoms with van der Waals surface area (Å²) in [5, 5.41) is 5.04. The zero-order chi connectivity index (χ0) is 17.9. The molecule has 5 nitrogen and oxygen atoms in total. The average Bonchev–Trinajstić information content (AvgIpc) is 3.16. The van der Waals surface area contributed by atoms with Gasteiger partial charge < -0.3 is 15.1 Å². The van der Waals surface area contributed by atoms with Gasteiger partial charge in [0.1, 0.15) is 0 Å². The van der Waals surface area contributed by atoms with Crippen LogP contribution in [0.3, 0.4) is 0 Å². The molecule has 1 aromatic heterocycles. The molecule has 26 heavy (non-hydrogen) atoms. The first kappa shape index (κ1) is 17.1. The van der Waals surface area contributed by atoms with Crippen molar-refractivity contribution in [3.63, 3.8) is 0 Å². The normalized spacial score (nSPS) is 16.9. The van der Waals surface area contributed by atoms with Crippen LogP contribution in [-0.4, -0.2) is 41.4 Å². The molecule has 4 rings (SSSR count). The largest absolute Gasteiger partial charge is 0.339 e. The number of benzene rings is 1. The van der Waals surface area contributed by atoms with Gasteiger partial charge in [-0.25, -0.2) is 4.79 Å². The highest BCUT2D eigenvalue weighted by Crippen LogP contribution is 2.24. The minimum atomic E-state index is -0.107. The van der Waals surface area contributed by atoms with Crippen LogP contribution in [0.1, 0.15) is 40.1 Å². The maximum absolute atomic E-state index is 12.7. The summed E-state index contributed by atoms with van der Waals surface area (Å²) in [6, 6.07) is 9.27. The highest BCUT2D eigenvalue weighted by molar-refractivity contribution is 7.10. The topological polar surface area (TPSA) is 52.7 Å². The number of hydrogen-bond acceptors (Lipinski definition) is 3. The molecule has 3 amide bonds. The summed E-state index contributed by atoms with van der Waals surface area (Å²) in [4.78, 5) is 30.4. The lowest BCUT2D eigenvalue weighted by Crippen LogP contribution is -2.38. The van der Waals surface area contributed by atoms with Gasteiger partial charge in [0.2, 0.25) is 0 Å². The van der Waals surface area contributed by atoms with Crippen molar-refractivity contribution in [2.24, 2.45) is 0 Å². The van der Waals surface area contributed by atoms with Crippen LogP contribution in [0.4, 0.5) is 10.5 Å². The Hall–Kier alpha value is -2.34. The van der Waals surface area contributed by atoms with E-state index in [-0.39, 0.29) is 11.9 Å². The zero-order valence-electron chi connectivity index (χ0n) is 14.7. The third kappa shape index (κ3) is 3.60. The van der Waals surface area contributed by atoms with Gasteiger partial charge in [-0.1, -0.05) is 6.07 Å². The number of rotatable bonds is 2. The molecule has 0 saturated carbocycles. The Kier molecular flexibility index (Phi) is 4.93. The van der Waals surface area contributed by atoms with E-state index >= 15 is 0 Å². The van der Waals surface area contributed by atoms with Crippen molar-refractivity contribution >= 4 is 29.0 Å². The number of fused-ring (bicyclic) bond motifs is 1. The number of piperidine rings is 1. The quantitative estimate of drug-likeness (QED) is 0.871. The number of urea groups is 1. The summed E-state index contributed by atoms with van der Waals surface area (Å²) in [6.45, 7) is 3.03. The number of nitrogens with one attached hydrogen (secondary N) is 1. The van der Waals surface area contributed by atoms with E-state index in [4.69, 9.17) is 0 Å². The van der Waals surface area contributed by atoms with Gasteiger partial charge in [0, 0.05) is 42.3 Å². The van der Waals surface area contributed by atoms with Crippen molar-refractivity contribution in [3.8, 4) is 0 Å². The summed E-state index contributed by atoms with van der Waals surface area (Å²) in [7, 11) is 0. The standard InChI is InChI=1S/C20H23N3O2S/c24-19(22-9-2-1-3-10-22)15-5-4-6-17(13-15)21-20(25)23-11-7-18-16(14-23)8-12-26-18/h4-6,8,12-13H,1-3,7,9-11,14H2,(H,21,25). The second-order valence-electron chi connectivity index (χ2n) is 6.90. The number of thiophene rings is 1. The van der Waals surface area contributed by atoms with E-state index < -0.39 is 0 Å². The molecule has 2 aliphatic rings. The molecule has 2 aromatic rings. The first-order valence-corrected chi connectivity index (χ1v) is 10.1. The minimum absolute atomic E-state index is 0.0571. The molecule has 1 saturated heterocycles. The summed E-state index contributed by atoms with van der Waals surface area (Å²) in [6.07, 6.45) is 4.25. The number of carbonyl (C=O) groups is 2. The Bertz CT molecular complexity index is 811. The van der Waals surface area contributed by atoms with Gasteiger partial charge in [-0.3, -0.25) is 4.79 Å². The van der Waals surface area contributed by atoms with E-state index in [9.17, 15) is 9.59 Å². The fraction of sp³-hybridized carbons (Fsp3) is 0.400. The second kappa shape index (κ2) is 7.50. The van der Waals surface area contributed by atoms with E-state index in [2.05, 4.69) is 16.8 Å². The van der Waals surface area contributed by atoms with Gasteiger partial charge in [0.15, 0.2) is 0 Å². The van der Waals surface area contributed by atoms with Crippen molar-refractivity contribution in [2.75, 3.05) is 25.0 Å². The van der Waals surface area contributed by atoms with Gasteiger partial charge in [-0.15, -0.1) is 11.3 Å². The Morgan fingerprint density at radius 3 is 2.69 bits per heavy atom. The van der Waals surface area contributed by atoms with Gasteiger partial charge in [0.05, 0.1) is 0 Å². The molecule has 1 fully saturated rings. The first-order chi connectivity index (χ1) is 12.7. The molecule has 0 aliphatic carbocycles. The molecule has 0 atom stereocenters. The molecular weight excluding hydrogens is 346 g/mol. The molecule has 6 heteroatoms. The molecule has 2 aliphatic heterocycles. The Morgan fingerprint density at radius 2 is 1.85 bits per heavy atom. The highest BCUT2D eigenvalue weighted by atomic mass is 32.1. The predicted molar refractivity (Wildman–Crippen MR) is 104 cm³/mol. The van der Waals surface area contributed by atoms with Crippen LogP contribution in [-0.2, 0) is 13.0 Å². The molecule has 1 aromatic carbocycles. The lowest BCUT2D eigenvalue weighted by Gasteiger charge is -2.28. The number of carbonyl (C=O) groups excluding carboxylic acids is 2. The molecule has 136 valence electrons. The lowest BCUT2D eigenvalue weighted by atomic mass is 10.1. The molecule has 3 heterocycles. The third-order valence-corrected chi connectivity index (χ3v) is 6.12. The second-order valence-corrected chi connectivity index (χ2v) is 7.91. The van der Waals surface area contributed by atoms with E-state index in [1.807, 2.05) is 28.0 Å². The van der Waals surface area contributed by atoms with Crippen LogP contribution in [0.25, 0.3) is 0 Å². The van der Waals surface area contributed by atoms with Crippen molar-refractivity contribution in [1.82, 2.24) is 9.80 Å². The first-order valence-electron chi connectivity index (χ1n) is 9.21. The van der Waals surface area contributed by atoms with Gasteiger partial charge in [0.25, 0.3) is 5.91 Å². The maximum Gasteiger partial charge on any atom is 0.322 e. The maximum atomic E-state index is 12.7. The smallest absolute Gasteiger partial charge is 0.322 e. The number of nitrogens with zero attached hydrogens (tertiary/aromatic N) is 2. The molecule has 0 bridgehead atoms. The number of hydrogen-bond donors (Lipinski definition) is 1. The van der Waals surface area contributed by atoms with Crippen molar-refractivity contribution in [2.45, 2.75) is 32.2 Å². The van der Waals surface area contributed by atoms with Crippen LogP contribution >= 0.6 is 11.3 Å². The van der Waals surface area contributed by atoms with E-state index in [1.165, 1.54) is 16.9 Å². The van der Waals surface area contributed by atoms with Gasteiger partial charge >= 0.3 is 6.03 Å². The fourth-order valence-corrected chi connectivity index (χ4v) is 4.52. The van der Waals surface area contributed by atoms with Gasteiger partial charge in [-0.05, 0) is 60.9 Å². The molecule has 0 unspecified atom stereocenters. The van der Waals surface area contributed by atoms with Crippen molar-refractivity contribution < 1.29 is 9.59 Å². The van der Waals surface area contributed by atoms with Crippen LogP contribution in [0.5, 0.6) is 0 Å². The zero-order valence-corrected chi connectivity index (χ0v) is 15.6. The van der Waals surface area contributed by atoms with E-state index in [0.29, 0.717) is 17.8 Å². The van der Waals surface area contributed by atoms with E-state index in [1.54, 1.807) is 17.4 Å². The SMILES string of the molecule is O=C(Nc1cccc(C(=O)N2CCCCC2)c1)N1CCc2sccc2C1. The van der Waals surface area contributed by atoms with Crippen molar-refractivity contribution in [3.05, 3.63) is 51.7 Å². The van der Waals surface area contributed by atoms with Crippen LogP contribution in [0.15, 0.2) is 35.7 Å². The lowest BCUT2D eigenvalue weighted by molar-refractivity contribution is 0.0724. The van der Waals surface area contributed by atoms with E-state index in [0.717, 1.165) is 38.9 Å². The number of amides is 3. The molecule has 1 N–H and O–H groups in total.